The highest BCUT2D eigenvalue weighted by Crippen LogP contribution is 2.28. The summed E-state index contributed by atoms with van der Waals surface area (Å²) in [6.45, 7) is 12.7. The average molecular weight is 440 g/mol. The summed E-state index contributed by atoms with van der Waals surface area (Å²) >= 11 is 0. The monoisotopic (exact) mass is 439 g/mol. The van der Waals surface area contributed by atoms with Crippen LogP contribution in [0, 0.1) is 11.8 Å². The van der Waals surface area contributed by atoms with Crippen molar-refractivity contribution in [2.24, 2.45) is 11.8 Å². The predicted octanol–water partition coefficient (Wildman–Crippen LogP) is 4.71. The van der Waals surface area contributed by atoms with Crippen molar-refractivity contribution in [2.75, 3.05) is 29.5 Å². The number of amides is 1. The number of carbonyl (C=O) groups excluding carboxylic acids is 1. The lowest BCUT2D eigenvalue weighted by atomic mass is 9.97. The Hall–Kier alpha value is -1.76. The number of nitrogens with one attached hydrogen (secondary N) is 1. The lowest BCUT2D eigenvalue weighted by Gasteiger charge is -2.35. The van der Waals surface area contributed by atoms with Gasteiger partial charge in [-0.25, -0.2) is 8.42 Å². The summed E-state index contributed by atoms with van der Waals surface area (Å²) in [6.07, 6.45) is 2.18. The summed E-state index contributed by atoms with van der Waals surface area (Å²) < 4.78 is 27.2. The lowest BCUT2D eigenvalue weighted by molar-refractivity contribution is -0.139. The average Bonchev–Trinajstić information content (AvgIpc) is 2.65. The quantitative estimate of drug-likeness (QED) is 0.512. The molecule has 0 fully saturated rings. The second-order valence-electron chi connectivity index (χ2n) is 8.62. The highest BCUT2D eigenvalue weighted by molar-refractivity contribution is 7.92. The van der Waals surface area contributed by atoms with Crippen molar-refractivity contribution >= 4 is 27.3 Å². The van der Waals surface area contributed by atoms with Crippen molar-refractivity contribution in [3.63, 3.8) is 0 Å². The van der Waals surface area contributed by atoms with Crippen molar-refractivity contribution in [1.29, 1.82) is 0 Å². The molecule has 0 aliphatic carbocycles. The van der Waals surface area contributed by atoms with Crippen molar-refractivity contribution in [3.05, 3.63) is 23.8 Å². The molecule has 0 heterocycles. The minimum Gasteiger partial charge on any atom is -0.377 e. The van der Waals surface area contributed by atoms with E-state index in [0.717, 1.165) is 24.1 Å². The smallest absolute Gasteiger partial charge is 0.232 e. The molecule has 0 spiro atoms. The van der Waals surface area contributed by atoms with Crippen LogP contribution >= 0.6 is 0 Å². The minimum atomic E-state index is -3.37. The maximum atomic E-state index is 13.3. The first-order valence-corrected chi connectivity index (χ1v) is 12.7. The second kappa shape index (κ2) is 11.6. The van der Waals surface area contributed by atoms with Crippen molar-refractivity contribution < 1.29 is 13.2 Å². The Labute approximate surface area is 184 Å². The van der Waals surface area contributed by atoms with Crippen LogP contribution in [0.15, 0.2) is 18.2 Å². The molecule has 172 valence electrons. The molecule has 0 radical (unpaired) electrons. The van der Waals surface area contributed by atoms with E-state index in [9.17, 15) is 13.2 Å². The lowest BCUT2D eigenvalue weighted by Crippen LogP contribution is -2.44. The first-order chi connectivity index (χ1) is 14.0. The molecule has 0 aliphatic heterocycles. The fourth-order valence-corrected chi connectivity index (χ4v) is 4.68. The minimum absolute atomic E-state index is 0.000228. The van der Waals surface area contributed by atoms with Gasteiger partial charge in [-0.05, 0) is 55.9 Å². The van der Waals surface area contributed by atoms with E-state index in [1.807, 2.05) is 43.0 Å². The Kier molecular flexibility index (Phi) is 10.1. The molecule has 1 N–H and O–H groups in total. The Bertz CT molecular complexity index is 787. The maximum absolute atomic E-state index is 13.3. The number of anilines is 2. The van der Waals surface area contributed by atoms with E-state index in [1.165, 1.54) is 0 Å². The summed E-state index contributed by atoms with van der Waals surface area (Å²) in [6, 6.07) is 5.64. The van der Waals surface area contributed by atoms with Crippen LogP contribution in [0.25, 0.3) is 0 Å². The van der Waals surface area contributed by atoms with Gasteiger partial charge in [0.25, 0.3) is 0 Å². The van der Waals surface area contributed by atoms with Crippen molar-refractivity contribution in [3.8, 4) is 0 Å². The third-order valence-electron chi connectivity index (χ3n) is 5.72. The molecule has 1 rings (SSSR count). The molecule has 1 aromatic carbocycles. The van der Waals surface area contributed by atoms with Crippen molar-refractivity contribution in [1.82, 2.24) is 4.90 Å². The highest BCUT2D eigenvalue weighted by Gasteiger charge is 2.28. The van der Waals surface area contributed by atoms with Gasteiger partial charge in [0.15, 0.2) is 0 Å². The number of nitrogens with zero attached hydrogens (tertiary/aromatic N) is 2. The molecule has 6 nitrogen and oxygen atoms in total. The normalized spacial score (nSPS) is 12.9. The van der Waals surface area contributed by atoms with Crippen LogP contribution in [-0.2, 0) is 21.4 Å². The number of carbonyl (C=O) groups is 1. The summed E-state index contributed by atoms with van der Waals surface area (Å²) in [5.74, 6) is 0.571. The molecular formula is C23H41N3O3S. The molecule has 0 saturated carbocycles. The SMILES string of the molecule is CCCS(=O)(=O)Nc1ccc(N(C)C)c(CN(C(=O)C(CC)CC)[C@@H](C)C(C)C)c1. The molecule has 0 aromatic heterocycles. The zero-order valence-corrected chi connectivity index (χ0v) is 20.8. The number of benzene rings is 1. The highest BCUT2D eigenvalue weighted by atomic mass is 32.2. The number of hydrogen-bond donors (Lipinski definition) is 1. The third-order valence-corrected chi connectivity index (χ3v) is 7.21. The Morgan fingerprint density at radius 3 is 2.13 bits per heavy atom. The molecule has 1 atom stereocenters. The van der Waals surface area contributed by atoms with E-state index in [2.05, 4.69) is 39.3 Å². The van der Waals surface area contributed by atoms with E-state index >= 15 is 0 Å². The largest absolute Gasteiger partial charge is 0.377 e. The maximum Gasteiger partial charge on any atom is 0.232 e. The van der Waals surface area contributed by atoms with Gasteiger partial charge in [0.2, 0.25) is 15.9 Å². The third kappa shape index (κ3) is 7.18. The van der Waals surface area contributed by atoms with E-state index < -0.39 is 10.0 Å². The fourth-order valence-electron chi connectivity index (χ4n) is 3.55. The van der Waals surface area contributed by atoms with E-state index in [4.69, 9.17) is 0 Å². The summed E-state index contributed by atoms with van der Waals surface area (Å²) in [7, 11) is 0.539. The van der Waals surface area contributed by atoms with Crippen molar-refractivity contribution in [2.45, 2.75) is 73.4 Å². The van der Waals surface area contributed by atoms with Gasteiger partial charge in [0.05, 0.1) is 5.75 Å². The molecule has 7 heteroatoms. The molecule has 30 heavy (non-hydrogen) atoms. The molecule has 1 aromatic rings. The van der Waals surface area contributed by atoms with E-state index in [1.54, 1.807) is 6.07 Å². The number of rotatable bonds is 12. The van der Waals surface area contributed by atoms with Crippen LogP contribution in [0.5, 0.6) is 0 Å². The zero-order valence-electron chi connectivity index (χ0n) is 20.0. The van der Waals surface area contributed by atoms with Gasteiger partial charge in [0, 0.05) is 44.0 Å². The van der Waals surface area contributed by atoms with Crippen LogP contribution in [0.4, 0.5) is 11.4 Å². The van der Waals surface area contributed by atoms with Gasteiger partial charge < -0.3 is 9.80 Å². The molecule has 0 aliphatic rings. The van der Waals surface area contributed by atoms with Crippen LogP contribution in [-0.4, -0.2) is 45.1 Å². The molecule has 0 unspecified atom stereocenters. The zero-order chi connectivity index (χ0) is 23.1. The van der Waals surface area contributed by atoms with Gasteiger partial charge >= 0.3 is 0 Å². The van der Waals surface area contributed by atoms with Crippen LogP contribution in [0.1, 0.15) is 66.4 Å². The number of sulfonamides is 1. The Morgan fingerprint density at radius 2 is 1.67 bits per heavy atom. The first kappa shape index (κ1) is 26.3. The molecule has 1 amide bonds. The van der Waals surface area contributed by atoms with Crippen LogP contribution < -0.4 is 9.62 Å². The van der Waals surface area contributed by atoms with Crippen LogP contribution in [0.2, 0.25) is 0 Å². The standard InChI is InChI=1S/C23H41N3O3S/c1-9-14-30(28,29)24-21-12-13-22(25(7)8)20(15-21)16-26(18(6)17(4)5)23(27)19(10-2)11-3/h12-13,15,17-19,24H,9-11,14,16H2,1-8H3/t18-/m0/s1. The molecule has 0 bridgehead atoms. The van der Waals surface area contributed by atoms with Gasteiger partial charge in [-0.15, -0.1) is 0 Å². The topological polar surface area (TPSA) is 69.7 Å². The molecular weight excluding hydrogens is 398 g/mol. The molecule has 0 saturated heterocycles. The Balaban J connectivity index is 3.37. The van der Waals surface area contributed by atoms with Gasteiger partial charge in [-0.3, -0.25) is 9.52 Å². The van der Waals surface area contributed by atoms with E-state index in [0.29, 0.717) is 24.6 Å². The number of hydrogen-bond acceptors (Lipinski definition) is 4. The first-order valence-electron chi connectivity index (χ1n) is 11.1. The van der Waals surface area contributed by atoms with E-state index in [-0.39, 0.29) is 23.6 Å². The summed E-state index contributed by atoms with van der Waals surface area (Å²) in [4.78, 5) is 17.3. The fraction of sp³-hybridized carbons (Fsp3) is 0.696. The predicted molar refractivity (Wildman–Crippen MR) is 127 cm³/mol. The van der Waals surface area contributed by atoms with Gasteiger partial charge in [-0.2, -0.15) is 0 Å². The second-order valence-corrected chi connectivity index (χ2v) is 10.5. The Morgan fingerprint density at radius 1 is 1.07 bits per heavy atom. The summed E-state index contributed by atoms with van der Waals surface area (Å²) in [5, 5.41) is 0. The van der Waals surface area contributed by atoms with Crippen LogP contribution in [0.3, 0.4) is 0 Å². The summed E-state index contributed by atoms with van der Waals surface area (Å²) in [5.41, 5.74) is 2.45. The van der Waals surface area contributed by atoms with Gasteiger partial charge in [0.1, 0.15) is 0 Å². The van der Waals surface area contributed by atoms with Gasteiger partial charge in [-0.1, -0.05) is 34.6 Å².